The number of hydrogen-bond donors (Lipinski definition) is 0. The van der Waals surface area contributed by atoms with Crippen molar-refractivity contribution in [3.8, 4) is 0 Å². The first-order valence-corrected chi connectivity index (χ1v) is 9.38. The van der Waals surface area contributed by atoms with Crippen molar-refractivity contribution in [1.82, 2.24) is 4.57 Å². The Kier molecular flexibility index (Phi) is 5.91. The van der Waals surface area contributed by atoms with E-state index in [0.29, 0.717) is 40.2 Å². The highest BCUT2D eigenvalue weighted by Crippen LogP contribution is 2.32. The molecule has 1 amide bonds. The van der Waals surface area contributed by atoms with E-state index < -0.39 is 0 Å². The fourth-order valence-corrected chi connectivity index (χ4v) is 3.97. The van der Waals surface area contributed by atoms with Gasteiger partial charge in [0.1, 0.15) is 0 Å². The van der Waals surface area contributed by atoms with Gasteiger partial charge in [-0.3, -0.25) is 4.79 Å². The Morgan fingerprint density at radius 2 is 1.96 bits per heavy atom. The normalized spacial score (nSPS) is 12.0. The maximum atomic E-state index is 12.5. The Labute approximate surface area is 159 Å². The van der Waals surface area contributed by atoms with Crippen molar-refractivity contribution < 1.29 is 9.53 Å². The van der Waals surface area contributed by atoms with Crippen LogP contribution in [0.1, 0.15) is 17.3 Å². The van der Waals surface area contributed by atoms with E-state index in [2.05, 4.69) is 4.99 Å². The molecule has 1 aromatic heterocycles. The second kappa shape index (κ2) is 8.15. The zero-order valence-electron chi connectivity index (χ0n) is 13.5. The monoisotopic (exact) mass is 394 g/mol. The van der Waals surface area contributed by atoms with E-state index in [9.17, 15) is 4.79 Å². The molecule has 7 heteroatoms. The number of nitrogens with zero attached hydrogens (tertiary/aromatic N) is 2. The lowest BCUT2D eigenvalue weighted by molar-refractivity contribution is 0.0996. The minimum absolute atomic E-state index is 0.292. The highest BCUT2D eigenvalue weighted by atomic mass is 35.5. The van der Waals surface area contributed by atoms with Crippen LogP contribution in [0.25, 0.3) is 10.2 Å². The molecule has 4 nitrogen and oxygen atoms in total. The van der Waals surface area contributed by atoms with Crippen LogP contribution in [0, 0.1) is 0 Å². The Morgan fingerprint density at radius 3 is 2.68 bits per heavy atom. The molecule has 0 radical (unpaired) electrons. The summed E-state index contributed by atoms with van der Waals surface area (Å²) in [7, 11) is 0. The van der Waals surface area contributed by atoms with Crippen molar-refractivity contribution in [1.29, 1.82) is 0 Å². The molecule has 0 saturated heterocycles. The third-order valence-corrected chi connectivity index (χ3v) is 5.45. The topological polar surface area (TPSA) is 43.6 Å². The van der Waals surface area contributed by atoms with Crippen molar-refractivity contribution in [3.05, 3.63) is 62.9 Å². The predicted octanol–water partition coefficient (Wildman–Crippen LogP) is 4.79. The predicted molar refractivity (Wildman–Crippen MR) is 103 cm³/mol. The maximum absolute atomic E-state index is 12.5. The SMILES string of the molecule is CCOCCn1c(=NC(=O)c2ccccc2)sc2ccc(Cl)c(Cl)c21. The maximum Gasteiger partial charge on any atom is 0.279 e. The molecule has 3 rings (SSSR count). The summed E-state index contributed by atoms with van der Waals surface area (Å²) in [5.41, 5.74) is 1.32. The molecular formula is C18H16Cl2N2O2S. The molecule has 0 saturated carbocycles. The van der Waals surface area contributed by atoms with Gasteiger partial charge in [-0.1, -0.05) is 52.7 Å². The van der Waals surface area contributed by atoms with E-state index >= 15 is 0 Å². The fourth-order valence-electron chi connectivity index (χ4n) is 2.43. The summed E-state index contributed by atoms with van der Waals surface area (Å²) in [5, 5.41) is 0.929. The molecule has 3 aromatic rings. The van der Waals surface area contributed by atoms with Crippen LogP contribution in [0.2, 0.25) is 10.0 Å². The zero-order chi connectivity index (χ0) is 17.8. The lowest BCUT2D eigenvalue weighted by Gasteiger charge is -2.07. The summed E-state index contributed by atoms with van der Waals surface area (Å²) in [6.07, 6.45) is 0. The first kappa shape index (κ1) is 18.1. The van der Waals surface area contributed by atoms with Crippen LogP contribution < -0.4 is 4.80 Å². The van der Waals surface area contributed by atoms with Gasteiger partial charge in [-0.05, 0) is 31.2 Å². The number of thiazole rings is 1. The molecule has 0 aliphatic heterocycles. The van der Waals surface area contributed by atoms with Gasteiger partial charge in [-0.15, -0.1) is 0 Å². The average Bonchev–Trinajstić information content (AvgIpc) is 2.97. The molecule has 0 fully saturated rings. The summed E-state index contributed by atoms with van der Waals surface area (Å²) in [6, 6.07) is 12.6. The van der Waals surface area contributed by atoms with Crippen molar-refractivity contribution in [2.75, 3.05) is 13.2 Å². The molecule has 25 heavy (non-hydrogen) atoms. The molecular weight excluding hydrogens is 379 g/mol. The van der Waals surface area contributed by atoms with Crippen LogP contribution in [0.4, 0.5) is 0 Å². The molecule has 0 aliphatic carbocycles. The Balaban J connectivity index is 2.13. The molecule has 0 bridgehead atoms. The third-order valence-electron chi connectivity index (χ3n) is 3.62. The van der Waals surface area contributed by atoms with E-state index in [1.54, 1.807) is 18.2 Å². The molecule has 130 valence electrons. The number of aromatic nitrogens is 1. The zero-order valence-corrected chi connectivity index (χ0v) is 15.9. The van der Waals surface area contributed by atoms with E-state index in [1.807, 2.05) is 35.8 Å². The second-order valence-corrected chi connectivity index (χ2v) is 7.02. The van der Waals surface area contributed by atoms with Gasteiger partial charge >= 0.3 is 0 Å². The smallest absolute Gasteiger partial charge is 0.279 e. The van der Waals surface area contributed by atoms with Gasteiger partial charge in [0.25, 0.3) is 5.91 Å². The first-order valence-electron chi connectivity index (χ1n) is 7.81. The van der Waals surface area contributed by atoms with Crippen LogP contribution >= 0.6 is 34.5 Å². The number of fused-ring (bicyclic) bond motifs is 1. The number of amides is 1. The third kappa shape index (κ3) is 3.96. The van der Waals surface area contributed by atoms with Gasteiger partial charge in [0.2, 0.25) is 0 Å². The van der Waals surface area contributed by atoms with Gasteiger partial charge in [-0.25, -0.2) is 0 Å². The summed E-state index contributed by atoms with van der Waals surface area (Å²) in [6.45, 7) is 3.59. The standard InChI is InChI=1S/C18H16Cl2N2O2S/c1-2-24-11-10-22-16-14(9-8-13(19)15(16)20)25-18(22)21-17(23)12-6-4-3-5-7-12/h3-9H,2,10-11H2,1H3. The largest absolute Gasteiger partial charge is 0.380 e. The van der Waals surface area contributed by atoms with Crippen molar-refractivity contribution >= 4 is 50.7 Å². The van der Waals surface area contributed by atoms with Gasteiger partial charge < -0.3 is 9.30 Å². The van der Waals surface area contributed by atoms with Crippen LogP contribution in [0.15, 0.2) is 47.5 Å². The first-order chi connectivity index (χ1) is 12.1. The van der Waals surface area contributed by atoms with Gasteiger partial charge in [-0.2, -0.15) is 4.99 Å². The molecule has 0 aliphatic rings. The quantitative estimate of drug-likeness (QED) is 0.583. The van der Waals surface area contributed by atoms with Crippen LogP contribution in [-0.2, 0) is 11.3 Å². The van der Waals surface area contributed by atoms with Crippen LogP contribution in [0.3, 0.4) is 0 Å². The molecule has 0 atom stereocenters. The van der Waals surface area contributed by atoms with Crippen molar-refractivity contribution in [2.45, 2.75) is 13.5 Å². The van der Waals surface area contributed by atoms with Crippen LogP contribution in [-0.4, -0.2) is 23.7 Å². The van der Waals surface area contributed by atoms with Gasteiger partial charge in [0.15, 0.2) is 4.80 Å². The van der Waals surface area contributed by atoms with Gasteiger partial charge in [0, 0.05) is 18.7 Å². The summed E-state index contributed by atoms with van der Waals surface area (Å²) >= 11 is 14.0. The lowest BCUT2D eigenvalue weighted by atomic mass is 10.2. The number of carbonyl (C=O) groups is 1. The minimum atomic E-state index is -0.292. The molecule has 2 aromatic carbocycles. The van der Waals surface area contributed by atoms with E-state index in [4.69, 9.17) is 27.9 Å². The molecule has 0 unspecified atom stereocenters. The van der Waals surface area contributed by atoms with Crippen LogP contribution in [0.5, 0.6) is 0 Å². The van der Waals surface area contributed by atoms with E-state index in [0.717, 1.165) is 10.2 Å². The van der Waals surface area contributed by atoms with E-state index in [-0.39, 0.29) is 5.91 Å². The molecule has 0 N–H and O–H groups in total. The number of carbonyl (C=O) groups excluding carboxylic acids is 1. The number of halogens is 2. The Bertz CT molecular complexity index is 964. The molecule has 0 spiro atoms. The van der Waals surface area contributed by atoms with Crippen molar-refractivity contribution in [2.24, 2.45) is 4.99 Å². The second-order valence-electron chi connectivity index (χ2n) is 5.22. The number of hydrogen-bond acceptors (Lipinski definition) is 3. The fraction of sp³-hybridized carbons (Fsp3) is 0.222. The highest BCUT2D eigenvalue weighted by Gasteiger charge is 2.14. The molecule has 1 heterocycles. The number of ether oxygens (including phenoxy) is 1. The summed E-state index contributed by atoms with van der Waals surface area (Å²) in [5.74, 6) is -0.292. The van der Waals surface area contributed by atoms with Crippen molar-refractivity contribution in [3.63, 3.8) is 0 Å². The Hall–Kier alpha value is -1.66. The highest BCUT2D eigenvalue weighted by molar-refractivity contribution is 7.16. The Morgan fingerprint density at radius 1 is 1.20 bits per heavy atom. The summed E-state index contributed by atoms with van der Waals surface area (Å²) < 4.78 is 8.27. The summed E-state index contributed by atoms with van der Waals surface area (Å²) in [4.78, 5) is 17.3. The lowest BCUT2D eigenvalue weighted by Crippen LogP contribution is -2.20. The minimum Gasteiger partial charge on any atom is -0.380 e. The van der Waals surface area contributed by atoms with Gasteiger partial charge in [0.05, 0.1) is 26.9 Å². The number of benzene rings is 2. The average molecular weight is 395 g/mol. The number of rotatable bonds is 5. The van der Waals surface area contributed by atoms with E-state index in [1.165, 1.54) is 11.3 Å².